The number of anilines is 1. The van der Waals surface area contributed by atoms with Crippen molar-refractivity contribution < 1.29 is 18.7 Å². The SMILES string of the molecule is CC(=O)Nc1cccc(OCC#CCNC(=O)c2cccc(F)c2)c1. The van der Waals surface area contributed by atoms with Gasteiger partial charge >= 0.3 is 0 Å². The topological polar surface area (TPSA) is 67.4 Å². The van der Waals surface area contributed by atoms with Gasteiger partial charge in [-0.3, -0.25) is 9.59 Å². The Bertz CT molecular complexity index is 825. The first-order valence-electron chi connectivity index (χ1n) is 7.54. The fraction of sp³-hybridized carbons (Fsp3) is 0.158. The summed E-state index contributed by atoms with van der Waals surface area (Å²) in [7, 11) is 0. The summed E-state index contributed by atoms with van der Waals surface area (Å²) in [5.74, 6) is 5.07. The number of hydrogen-bond acceptors (Lipinski definition) is 3. The van der Waals surface area contributed by atoms with Crippen LogP contribution >= 0.6 is 0 Å². The molecule has 5 nitrogen and oxygen atoms in total. The monoisotopic (exact) mass is 340 g/mol. The Balaban J connectivity index is 1.76. The summed E-state index contributed by atoms with van der Waals surface area (Å²) in [6.45, 7) is 1.70. The number of benzene rings is 2. The highest BCUT2D eigenvalue weighted by Crippen LogP contribution is 2.16. The lowest BCUT2D eigenvalue weighted by Gasteiger charge is -2.05. The van der Waals surface area contributed by atoms with Crippen LogP contribution in [0.4, 0.5) is 10.1 Å². The second-order valence-electron chi connectivity index (χ2n) is 5.04. The van der Waals surface area contributed by atoms with Crippen LogP contribution in [0.15, 0.2) is 48.5 Å². The minimum absolute atomic E-state index is 0.130. The van der Waals surface area contributed by atoms with E-state index in [0.29, 0.717) is 11.4 Å². The van der Waals surface area contributed by atoms with E-state index in [1.54, 1.807) is 24.3 Å². The van der Waals surface area contributed by atoms with Gasteiger partial charge in [0, 0.05) is 24.2 Å². The summed E-state index contributed by atoms with van der Waals surface area (Å²) in [4.78, 5) is 22.8. The Morgan fingerprint density at radius 3 is 2.68 bits per heavy atom. The molecule has 0 unspecified atom stereocenters. The quantitative estimate of drug-likeness (QED) is 0.822. The van der Waals surface area contributed by atoms with Crippen LogP contribution in [0.25, 0.3) is 0 Å². The lowest BCUT2D eigenvalue weighted by Crippen LogP contribution is -2.23. The third kappa shape index (κ3) is 6.36. The van der Waals surface area contributed by atoms with Crippen LogP contribution in [0.3, 0.4) is 0 Å². The van der Waals surface area contributed by atoms with Crippen LogP contribution in [0.1, 0.15) is 17.3 Å². The van der Waals surface area contributed by atoms with Crippen LogP contribution in [0.2, 0.25) is 0 Å². The number of carbonyl (C=O) groups excluding carboxylic acids is 2. The number of nitrogens with one attached hydrogen (secondary N) is 2. The van der Waals surface area contributed by atoms with Crippen LogP contribution in [-0.2, 0) is 4.79 Å². The van der Waals surface area contributed by atoms with Crippen molar-refractivity contribution in [3.05, 3.63) is 59.9 Å². The number of halogens is 1. The number of hydrogen-bond donors (Lipinski definition) is 2. The van der Waals surface area contributed by atoms with Gasteiger partial charge in [0.05, 0.1) is 6.54 Å². The average molecular weight is 340 g/mol. The molecule has 6 heteroatoms. The zero-order valence-corrected chi connectivity index (χ0v) is 13.6. The highest BCUT2D eigenvalue weighted by atomic mass is 19.1. The van der Waals surface area contributed by atoms with E-state index in [4.69, 9.17) is 4.74 Å². The molecule has 0 aliphatic heterocycles. The van der Waals surface area contributed by atoms with Gasteiger partial charge in [0.15, 0.2) is 0 Å². The minimum Gasteiger partial charge on any atom is -0.481 e. The zero-order valence-electron chi connectivity index (χ0n) is 13.6. The highest BCUT2D eigenvalue weighted by molar-refractivity contribution is 5.94. The molecule has 0 saturated carbocycles. The minimum atomic E-state index is -0.464. The van der Waals surface area contributed by atoms with Gasteiger partial charge in [-0.15, -0.1) is 0 Å². The molecule has 2 N–H and O–H groups in total. The number of ether oxygens (including phenoxy) is 1. The van der Waals surface area contributed by atoms with Crippen molar-refractivity contribution in [1.82, 2.24) is 5.32 Å². The molecule has 0 saturated heterocycles. The molecule has 0 aliphatic carbocycles. The Kier molecular flexibility index (Phi) is 6.55. The average Bonchev–Trinajstić information content (AvgIpc) is 2.57. The molecule has 2 rings (SSSR count). The third-order valence-electron chi connectivity index (χ3n) is 3.01. The molecule has 25 heavy (non-hydrogen) atoms. The first-order chi connectivity index (χ1) is 12.0. The summed E-state index contributed by atoms with van der Waals surface area (Å²) in [5, 5.41) is 5.23. The summed E-state index contributed by atoms with van der Waals surface area (Å²) in [6, 6.07) is 12.4. The van der Waals surface area contributed by atoms with E-state index in [0.717, 1.165) is 6.07 Å². The van der Waals surface area contributed by atoms with E-state index in [-0.39, 0.29) is 24.6 Å². The van der Waals surface area contributed by atoms with E-state index in [9.17, 15) is 14.0 Å². The molecular formula is C19H17FN2O3. The third-order valence-corrected chi connectivity index (χ3v) is 3.01. The largest absolute Gasteiger partial charge is 0.481 e. The highest BCUT2D eigenvalue weighted by Gasteiger charge is 2.04. The van der Waals surface area contributed by atoms with Crippen LogP contribution in [0.5, 0.6) is 5.75 Å². The normalized spacial score (nSPS) is 9.52. The van der Waals surface area contributed by atoms with E-state index in [1.165, 1.54) is 25.1 Å². The molecule has 0 spiro atoms. The Labute approximate surface area is 145 Å². The van der Waals surface area contributed by atoms with Crippen molar-refractivity contribution in [2.24, 2.45) is 0 Å². The van der Waals surface area contributed by atoms with Gasteiger partial charge in [-0.05, 0) is 30.3 Å². The molecular weight excluding hydrogens is 323 g/mol. The Hall–Kier alpha value is -3.33. The number of carbonyl (C=O) groups is 2. The lowest BCUT2D eigenvalue weighted by atomic mass is 10.2. The Morgan fingerprint density at radius 1 is 1.12 bits per heavy atom. The van der Waals surface area contributed by atoms with Crippen molar-refractivity contribution in [2.45, 2.75) is 6.92 Å². The zero-order chi connectivity index (χ0) is 18.1. The number of amides is 2. The van der Waals surface area contributed by atoms with Crippen molar-refractivity contribution in [2.75, 3.05) is 18.5 Å². The van der Waals surface area contributed by atoms with E-state index in [2.05, 4.69) is 22.5 Å². The molecule has 0 atom stereocenters. The van der Waals surface area contributed by atoms with Gasteiger partial charge in [0.25, 0.3) is 5.91 Å². The molecule has 2 aromatic rings. The maximum atomic E-state index is 13.0. The maximum absolute atomic E-state index is 13.0. The molecule has 0 radical (unpaired) electrons. The van der Waals surface area contributed by atoms with Gasteiger partial charge in [-0.25, -0.2) is 4.39 Å². The van der Waals surface area contributed by atoms with Crippen molar-refractivity contribution in [3.63, 3.8) is 0 Å². The van der Waals surface area contributed by atoms with Crippen LogP contribution in [-0.4, -0.2) is 25.0 Å². The van der Waals surface area contributed by atoms with Gasteiger partial charge in [-0.2, -0.15) is 0 Å². The van der Waals surface area contributed by atoms with Crippen LogP contribution < -0.4 is 15.4 Å². The first kappa shape index (κ1) is 18.0. The standard InChI is InChI=1S/C19H17FN2O3/c1-14(23)22-17-8-5-9-18(13-17)25-11-3-2-10-21-19(24)15-6-4-7-16(20)12-15/h4-9,12-13H,10-11H2,1H3,(H,21,24)(H,22,23). The fourth-order valence-electron chi connectivity index (χ4n) is 1.96. The predicted molar refractivity (Wildman–Crippen MR) is 92.7 cm³/mol. The van der Waals surface area contributed by atoms with Crippen molar-refractivity contribution in [3.8, 4) is 17.6 Å². The predicted octanol–water partition coefficient (Wildman–Crippen LogP) is 2.60. The lowest BCUT2D eigenvalue weighted by molar-refractivity contribution is -0.114. The molecule has 0 aromatic heterocycles. The molecule has 0 fully saturated rings. The van der Waals surface area contributed by atoms with Gasteiger partial charge in [0.1, 0.15) is 18.2 Å². The van der Waals surface area contributed by atoms with Crippen molar-refractivity contribution in [1.29, 1.82) is 0 Å². The summed E-state index contributed by atoms with van der Waals surface area (Å²) in [6.07, 6.45) is 0. The molecule has 0 heterocycles. The summed E-state index contributed by atoms with van der Waals surface area (Å²) in [5.41, 5.74) is 0.883. The van der Waals surface area contributed by atoms with Crippen molar-refractivity contribution >= 4 is 17.5 Å². The molecule has 0 bridgehead atoms. The molecule has 0 aliphatic rings. The molecule has 2 aromatic carbocycles. The van der Waals surface area contributed by atoms with Crippen LogP contribution in [0, 0.1) is 17.7 Å². The summed E-state index contributed by atoms with van der Waals surface area (Å²) >= 11 is 0. The van der Waals surface area contributed by atoms with Gasteiger partial charge < -0.3 is 15.4 Å². The fourth-order valence-corrected chi connectivity index (χ4v) is 1.96. The summed E-state index contributed by atoms with van der Waals surface area (Å²) < 4.78 is 18.5. The van der Waals surface area contributed by atoms with E-state index < -0.39 is 11.7 Å². The Morgan fingerprint density at radius 2 is 1.92 bits per heavy atom. The second kappa shape index (κ2) is 9.08. The molecule has 128 valence electrons. The second-order valence-corrected chi connectivity index (χ2v) is 5.04. The smallest absolute Gasteiger partial charge is 0.252 e. The first-order valence-corrected chi connectivity index (χ1v) is 7.54. The van der Waals surface area contributed by atoms with E-state index >= 15 is 0 Å². The number of rotatable bonds is 5. The maximum Gasteiger partial charge on any atom is 0.252 e. The van der Waals surface area contributed by atoms with Gasteiger partial charge in [0.2, 0.25) is 5.91 Å². The van der Waals surface area contributed by atoms with E-state index in [1.807, 2.05) is 0 Å². The molecule has 2 amide bonds. The van der Waals surface area contributed by atoms with Gasteiger partial charge in [-0.1, -0.05) is 24.0 Å².